The van der Waals surface area contributed by atoms with Crippen molar-refractivity contribution < 1.29 is 4.74 Å². The minimum Gasteiger partial charge on any atom is -0.383 e. The van der Waals surface area contributed by atoms with Crippen molar-refractivity contribution in [1.82, 2.24) is 20.6 Å². The summed E-state index contributed by atoms with van der Waals surface area (Å²) in [6.45, 7) is 11.0. The lowest BCUT2D eigenvalue weighted by molar-refractivity contribution is 0.199. The van der Waals surface area contributed by atoms with Gasteiger partial charge in [-0.2, -0.15) is 5.10 Å². The summed E-state index contributed by atoms with van der Waals surface area (Å²) in [6, 6.07) is 3.89. The highest BCUT2D eigenvalue weighted by molar-refractivity contribution is 7.80. The molecule has 0 aliphatic heterocycles. The molecule has 1 aromatic heterocycles. The third-order valence-electron chi connectivity index (χ3n) is 3.23. The summed E-state index contributed by atoms with van der Waals surface area (Å²) in [5.74, 6) is 0. The van der Waals surface area contributed by atoms with Crippen molar-refractivity contribution in [2.75, 3.05) is 51.8 Å². The SMILES string of the molecule is CC.CCN(CCNCCOC)C(=S)N/N=C/CCNc1cccnc1. The van der Waals surface area contributed by atoms with Gasteiger partial charge in [0.05, 0.1) is 12.3 Å². The van der Waals surface area contributed by atoms with Crippen LogP contribution >= 0.6 is 12.2 Å². The molecule has 0 unspecified atom stereocenters. The van der Waals surface area contributed by atoms with Crippen LogP contribution in [0.15, 0.2) is 29.6 Å². The van der Waals surface area contributed by atoms with E-state index in [4.69, 9.17) is 17.0 Å². The van der Waals surface area contributed by atoms with E-state index in [0.29, 0.717) is 11.7 Å². The third kappa shape index (κ3) is 12.6. The van der Waals surface area contributed by atoms with Gasteiger partial charge in [-0.05, 0) is 31.3 Å². The van der Waals surface area contributed by atoms with E-state index in [2.05, 4.69) is 38.0 Å². The summed E-state index contributed by atoms with van der Waals surface area (Å²) >= 11 is 5.35. The van der Waals surface area contributed by atoms with Gasteiger partial charge in [0, 0.05) is 64.9 Å². The summed E-state index contributed by atoms with van der Waals surface area (Å²) < 4.78 is 4.99. The smallest absolute Gasteiger partial charge is 0.189 e. The number of hydrogen-bond acceptors (Lipinski definition) is 6. The number of methoxy groups -OCH3 is 1. The standard InChI is InChI=1S/C16H28N6OS.C2H6/c1-3-22(12-10-17-11-13-23-2)16(24)21-20-9-5-8-19-15-6-4-7-18-14-15;1-2/h4,6-7,9,14,17,19H,3,5,8,10-13H2,1-2H3,(H,21,24);1-2H3/b20-9+;. The Morgan fingerprint density at radius 1 is 1.35 bits per heavy atom. The normalized spacial score (nSPS) is 10.2. The van der Waals surface area contributed by atoms with Crippen LogP contribution in [0.1, 0.15) is 27.2 Å². The van der Waals surface area contributed by atoms with Gasteiger partial charge in [-0.3, -0.25) is 10.4 Å². The lowest BCUT2D eigenvalue weighted by Crippen LogP contribution is -2.41. The van der Waals surface area contributed by atoms with E-state index >= 15 is 0 Å². The molecule has 0 radical (unpaired) electrons. The van der Waals surface area contributed by atoms with Crippen molar-refractivity contribution in [3.8, 4) is 0 Å². The van der Waals surface area contributed by atoms with Crippen LogP contribution in [-0.2, 0) is 4.74 Å². The minimum atomic E-state index is 0.641. The van der Waals surface area contributed by atoms with Crippen molar-refractivity contribution in [2.24, 2.45) is 5.10 Å². The quantitative estimate of drug-likeness (QED) is 0.222. The van der Waals surface area contributed by atoms with Gasteiger partial charge in [-0.25, -0.2) is 0 Å². The van der Waals surface area contributed by atoms with Crippen LogP contribution in [0, 0.1) is 0 Å². The average Bonchev–Trinajstić information content (AvgIpc) is 2.69. The molecule has 0 bridgehead atoms. The van der Waals surface area contributed by atoms with E-state index in [1.807, 2.05) is 32.2 Å². The lowest BCUT2D eigenvalue weighted by Gasteiger charge is -2.22. The van der Waals surface area contributed by atoms with E-state index in [9.17, 15) is 0 Å². The maximum Gasteiger partial charge on any atom is 0.189 e. The molecule has 0 aliphatic carbocycles. The highest BCUT2D eigenvalue weighted by atomic mass is 32.1. The number of hydrogen-bond donors (Lipinski definition) is 3. The Kier molecular flexibility index (Phi) is 16.8. The predicted molar refractivity (Wildman–Crippen MR) is 115 cm³/mol. The number of hydrazone groups is 1. The molecule has 0 aliphatic rings. The molecule has 0 fully saturated rings. The van der Waals surface area contributed by atoms with Gasteiger partial charge in [0.2, 0.25) is 0 Å². The Labute approximate surface area is 163 Å². The first-order valence-corrected chi connectivity index (χ1v) is 9.58. The zero-order valence-corrected chi connectivity index (χ0v) is 17.3. The molecular formula is C18H34N6OS. The van der Waals surface area contributed by atoms with E-state index in [1.165, 1.54) is 0 Å². The first kappa shape index (κ1) is 24.2. The summed E-state index contributed by atoms with van der Waals surface area (Å²) in [6.07, 6.45) is 6.17. The van der Waals surface area contributed by atoms with Gasteiger partial charge >= 0.3 is 0 Å². The largest absolute Gasteiger partial charge is 0.383 e. The molecule has 8 heteroatoms. The van der Waals surface area contributed by atoms with Gasteiger partial charge < -0.3 is 20.3 Å². The van der Waals surface area contributed by atoms with Crippen molar-refractivity contribution in [1.29, 1.82) is 0 Å². The number of nitrogens with one attached hydrogen (secondary N) is 3. The minimum absolute atomic E-state index is 0.641. The summed E-state index contributed by atoms with van der Waals surface area (Å²) in [4.78, 5) is 6.12. The predicted octanol–water partition coefficient (Wildman–Crippen LogP) is 2.33. The van der Waals surface area contributed by atoms with Gasteiger partial charge in [-0.1, -0.05) is 13.8 Å². The number of nitrogens with zero attached hydrogens (tertiary/aromatic N) is 3. The van der Waals surface area contributed by atoms with E-state index in [0.717, 1.165) is 44.8 Å². The molecule has 0 saturated carbocycles. The highest BCUT2D eigenvalue weighted by Crippen LogP contribution is 2.01. The number of ether oxygens (including phenoxy) is 1. The molecule has 26 heavy (non-hydrogen) atoms. The molecular weight excluding hydrogens is 348 g/mol. The van der Waals surface area contributed by atoms with Crippen molar-refractivity contribution >= 4 is 29.2 Å². The van der Waals surface area contributed by atoms with Gasteiger partial charge in [0.1, 0.15) is 0 Å². The van der Waals surface area contributed by atoms with Crippen molar-refractivity contribution in [2.45, 2.75) is 27.2 Å². The molecule has 7 nitrogen and oxygen atoms in total. The Balaban J connectivity index is 0.00000301. The second kappa shape index (κ2) is 18.0. The second-order valence-electron chi connectivity index (χ2n) is 5.01. The molecule has 0 amide bonds. The molecule has 0 atom stereocenters. The molecule has 0 spiro atoms. The van der Waals surface area contributed by atoms with E-state index in [1.54, 1.807) is 19.5 Å². The molecule has 1 heterocycles. The van der Waals surface area contributed by atoms with Gasteiger partial charge in [0.15, 0.2) is 5.11 Å². The van der Waals surface area contributed by atoms with Gasteiger partial charge in [0.25, 0.3) is 0 Å². The fraction of sp³-hybridized carbons (Fsp3) is 0.611. The molecule has 0 aromatic carbocycles. The second-order valence-corrected chi connectivity index (χ2v) is 5.39. The summed E-state index contributed by atoms with van der Waals surface area (Å²) in [5.41, 5.74) is 3.93. The van der Waals surface area contributed by atoms with E-state index in [-0.39, 0.29) is 0 Å². The number of anilines is 1. The molecule has 3 N–H and O–H groups in total. The number of rotatable bonds is 12. The first-order valence-electron chi connectivity index (χ1n) is 9.18. The fourth-order valence-corrected chi connectivity index (χ4v) is 2.17. The van der Waals surface area contributed by atoms with Gasteiger partial charge in [-0.15, -0.1) is 0 Å². The summed E-state index contributed by atoms with van der Waals surface area (Å²) in [5, 5.41) is 11.4. The average molecular weight is 383 g/mol. The molecule has 0 saturated heterocycles. The van der Waals surface area contributed by atoms with Crippen LogP contribution in [0.4, 0.5) is 5.69 Å². The first-order chi connectivity index (χ1) is 12.8. The monoisotopic (exact) mass is 382 g/mol. The Hall–Kier alpha value is -1.77. The highest BCUT2D eigenvalue weighted by Gasteiger charge is 2.05. The van der Waals surface area contributed by atoms with Crippen LogP contribution in [0.2, 0.25) is 0 Å². The van der Waals surface area contributed by atoms with Crippen molar-refractivity contribution in [3.05, 3.63) is 24.5 Å². The topological polar surface area (TPSA) is 73.8 Å². The maximum atomic E-state index is 5.35. The summed E-state index contributed by atoms with van der Waals surface area (Å²) in [7, 11) is 1.70. The number of thiocarbonyl (C=S) groups is 1. The van der Waals surface area contributed by atoms with E-state index < -0.39 is 0 Å². The lowest BCUT2D eigenvalue weighted by atomic mass is 10.4. The van der Waals surface area contributed by atoms with Crippen molar-refractivity contribution in [3.63, 3.8) is 0 Å². The maximum absolute atomic E-state index is 5.35. The zero-order valence-electron chi connectivity index (χ0n) is 16.5. The molecule has 1 rings (SSSR count). The van der Waals surface area contributed by atoms with Crippen LogP contribution < -0.4 is 16.1 Å². The Morgan fingerprint density at radius 2 is 2.15 bits per heavy atom. The van der Waals surface area contributed by atoms with Crippen LogP contribution in [0.5, 0.6) is 0 Å². The number of likely N-dealkylation sites (N-methyl/N-ethyl adjacent to an activating group) is 1. The van der Waals surface area contributed by atoms with Crippen LogP contribution in [-0.4, -0.2) is 67.7 Å². The Bertz CT molecular complexity index is 472. The molecule has 1 aromatic rings. The number of aromatic nitrogens is 1. The zero-order chi connectivity index (χ0) is 19.5. The van der Waals surface area contributed by atoms with Crippen LogP contribution in [0.3, 0.4) is 0 Å². The molecule has 148 valence electrons. The number of pyridine rings is 1. The third-order valence-corrected chi connectivity index (χ3v) is 3.58. The van der Waals surface area contributed by atoms with Crippen LogP contribution in [0.25, 0.3) is 0 Å². The Morgan fingerprint density at radius 3 is 2.81 bits per heavy atom. The fourth-order valence-electron chi connectivity index (χ4n) is 1.90.